The number of carboxylic acid groups (broad SMARTS) is 1. The van der Waals surface area contributed by atoms with Crippen LogP contribution in [-0.2, 0) is 9.59 Å². The van der Waals surface area contributed by atoms with E-state index in [-0.39, 0.29) is 11.1 Å². The number of thioether (sulfide) groups is 1. The first-order valence-corrected chi connectivity index (χ1v) is 7.09. The summed E-state index contributed by atoms with van der Waals surface area (Å²) in [6, 6.07) is 6.79. The highest BCUT2D eigenvalue weighted by molar-refractivity contribution is 8.18. The Balaban J connectivity index is 2.08. The molecule has 0 spiro atoms. The highest BCUT2D eigenvalue weighted by Crippen LogP contribution is 2.27. The van der Waals surface area contributed by atoms with Crippen LogP contribution in [-0.4, -0.2) is 28.3 Å². The van der Waals surface area contributed by atoms with Gasteiger partial charge in [0, 0.05) is 0 Å². The number of amides is 1. The van der Waals surface area contributed by atoms with Gasteiger partial charge >= 0.3 is 5.97 Å². The quantitative estimate of drug-likeness (QED) is 0.805. The lowest BCUT2D eigenvalue weighted by Crippen LogP contribution is -2.25. The van der Waals surface area contributed by atoms with Gasteiger partial charge < -0.3 is 15.6 Å². The van der Waals surface area contributed by atoms with E-state index in [1.807, 2.05) is 0 Å². The number of nitrogens with two attached hydrogens (primary N) is 1. The van der Waals surface area contributed by atoms with Gasteiger partial charge in [0.25, 0.3) is 5.91 Å². The molecule has 1 aromatic carbocycles. The van der Waals surface area contributed by atoms with Crippen LogP contribution < -0.4 is 10.5 Å². The van der Waals surface area contributed by atoms with Crippen LogP contribution in [0.25, 0.3) is 6.08 Å². The number of ether oxygens (including phenoxy) is 1. The van der Waals surface area contributed by atoms with Gasteiger partial charge in [-0.05, 0) is 42.0 Å². The topological polar surface area (TPSA) is 102 Å². The molecule has 0 fully saturated rings. The molecule has 0 radical (unpaired) electrons. The molecule has 3 N–H and O–H groups in total. The van der Waals surface area contributed by atoms with E-state index in [1.54, 1.807) is 37.3 Å². The number of hydrogen-bond acceptors (Lipinski definition) is 5. The Morgan fingerprint density at radius 2 is 2.14 bits per heavy atom. The van der Waals surface area contributed by atoms with Crippen molar-refractivity contribution in [2.45, 2.75) is 19.4 Å². The fourth-order valence-corrected chi connectivity index (χ4v) is 2.37. The summed E-state index contributed by atoms with van der Waals surface area (Å²) in [5.41, 5.74) is 6.25. The van der Waals surface area contributed by atoms with Crippen molar-refractivity contribution >= 4 is 34.9 Å². The van der Waals surface area contributed by atoms with E-state index in [1.165, 1.54) is 0 Å². The predicted octanol–water partition coefficient (Wildman–Crippen LogP) is 1.86. The van der Waals surface area contributed by atoms with Crippen LogP contribution in [0.5, 0.6) is 5.75 Å². The molecule has 0 saturated heterocycles. The van der Waals surface area contributed by atoms with E-state index in [0.29, 0.717) is 17.1 Å². The van der Waals surface area contributed by atoms with Gasteiger partial charge in [0.15, 0.2) is 11.3 Å². The second-order valence-electron chi connectivity index (χ2n) is 4.29. The van der Waals surface area contributed by atoms with Crippen LogP contribution in [0.15, 0.2) is 34.2 Å². The molecule has 2 rings (SSSR count). The Morgan fingerprint density at radius 3 is 2.62 bits per heavy atom. The van der Waals surface area contributed by atoms with Crippen LogP contribution >= 0.6 is 11.8 Å². The molecule has 21 heavy (non-hydrogen) atoms. The molecule has 1 aromatic rings. The van der Waals surface area contributed by atoms with Gasteiger partial charge in [-0.25, -0.2) is 4.79 Å². The summed E-state index contributed by atoms with van der Waals surface area (Å²) < 4.78 is 5.35. The van der Waals surface area contributed by atoms with Crippen molar-refractivity contribution in [3.63, 3.8) is 0 Å². The second kappa shape index (κ2) is 6.45. The van der Waals surface area contributed by atoms with E-state index in [0.717, 1.165) is 17.3 Å². The van der Waals surface area contributed by atoms with Crippen molar-refractivity contribution in [1.82, 2.24) is 0 Å². The first kappa shape index (κ1) is 15.1. The average molecular weight is 306 g/mol. The third kappa shape index (κ3) is 3.85. The molecule has 1 aliphatic rings. The summed E-state index contributed by atoms with van der Waals surface area (Å²) in [6.45, 7) is 1.74. The number of carbonyl (C=O) groups excluding carboxylic acids is 1. The molecule has 1 heterocycles. The number of benzene rings is 1. The Hall–Kier alpha value is -2.28. The average Bonchev–Trinajstić information content (AvgIpc) is 2.75. The summed E-state index contributed by atoms with van der Waals surface area (Å²) >= 11 is 1.12. The van der Waals surface area contributed by atoms with Gasteiger partial charge in [-0.2, -0.15) is 4.99 Å². The summed E-state index contributed by atoms with van der Waals surface area (Å²) in [5, 5.41) is 9.17. The van der Waals surface area contributed by atoms with Crippen molar-refractivity contribution in [2.75, 3.05) is 0 Å². The van der Waals surface area contributed by atoms with Crippen LogP contribution in [0.4, 0.5) is 0 Å². The number of carbonyl (C=O) groups is 2. The second-order valence-corrected chi connectivity index (χ2v) is 5.35. The number of aliphatic imine (C=N–C) groups is 1. The van der Waals surface area contributed by atoms with E-state index in [9.17, 15) is 9.59 Å². The minimum atomic E-state index is -0.996. The fraction of sp³-hybridized carbons (Fsp3) is 0.214. The molecule has 1 unspecified atom stereocenters. The third-order valence-corrected chi connectivity index (χ3v) is 3.55. The zero-order valence-electron chi connectivity index (χ0n) is 11.3. The highest BCUT2D eigenvalue weighted by atomic mass is 32.2. The molecular formula is C14H14N2O4S. The number of aliphatic carboxylic acids is 1. The SMILES string of the molecule is CCC(Oc1ccc(/C=C2\SC(N)=NC2=O)cc1)C(=O)O. The minimum absolute atomic E-state index is 0.235. The molecule has 0 aromatic heterocycles. The minimum Gasteiger partial charge on any atom is -0.479 e. The standard InChI is InChI=1S/C14H14N2O4S/c1-2-10(13(18)19)20-9-5-3-8(4-6-9)7-11-12(17)16-14(15)21-11/h3-7,10H,2H2,1H3,(H,18,19)(H2,15,16,17)/b11-7-. The lowest BCUT2D eigenvalue weighted by Gasteiger charge is -2.13. The Morgan fingerprint density at radius 1 is 1.48 bits per heavy atom. The van der Waals surface area contributed by atoms with Crippen LogP contribution in [0, 0.1) is 0 Å². The summed E-state index contributed by atoms with van der Waals surface area (Å²) in [4.78, 5) is 26.4. The maximum atomic E-state index is 11.5. The van der Waals surface area contributed by atoms with Gasteiger partial charge in [-0.3, -0.25) is 4.79 Å². The maximum absolute atomic E-state index is 11.5. The Labute approximate surface area is 125 Å². The van der Waals surface area contributed by atoms with Crippen LogP contribution in [0.1, 0.15) is 18.9 Å². The summed E-state index contributed by atoms with van der Waals surface area (Å²) in [7, 11) is 0. The highest BCUT2D eigenvalue weighted by Gasteiger charge is 2.19. The lowest BCUT2D eigenvalue weighted by atomic mass is 10.2. The van der Waals surface area contributed by atoms with Crippen molar-refractivity contribution < 1.29 is 19.4 Å². The number of carboxylic acids is 1. The van der Waals surface area contributed by atoms with Crippen LogP contribution in [0.3, 0.4) is 0 Å². The van der Waals surface area contributed by atoms with E-state index in [4.69, 9.17) is 15.6 Å². The van der Waals surface area contributed by atoms with Crippen molar-refractivity contribution in [3.05, 3.63) is 34.7 Å². The van der Waals surface area contributed by atoms with Crippen LogP contribution in [0.2, 0.25) is 0 Å². The number of rotatable bonds is 5. The zero-order valence-corrected chi connectivity index (χ0v) is 12.1. The van der Waals surface area contributed by atoms with Gasteiger partial charge in [0.2, 0.25) is 0 Å². The maximum Gasteiger partial charge on any atom is 0.344 e. The van der Waals surface area contributed by atoms with E-state index >= 15 is 0 Å². The molecule has 1 aliphatic heterocycles. The zero-order chi connectivity index (χ0) is 15.4. The van der Waals surface area contributed by atoms with Gasteiger partial charge in [-0.15, -0.1) is 0 Å². The molecule has 0 bridgehead atoms. The molecule has 0 saturated carbocycles. The summed E-state index contributed by atoms with van der Waals surface area (Å²) in [6.07, 6.45) is 1.19. The largest absolute Gasteiger partial charge is 0.479 e. The molecule has 110 valence electrons. The first-order valence-electron chi connectivity index (χ1n) is 6.27. The number of nitrogens with zero attached hydrogens (tertiary/aromatic N) is 1. The van der Waals surface area contributed by atoms with E-state index < -0.39 is 12.1 Å². The third-order valence-electron chi connectivity index (χ3n) is 2.74. The first-order chi connectivity index (χ1) is 9.99. The van der Waals surface area contributed by atoms with Crippen molar-refractivity contribution in [2.24, 2.45) is 10.7 Å². The Bertz CT molecular complexity index is 622. The molecule has 1 amide bonds. The molecule has 7 heteroatoms. The Kier molecular flexibility index (Phi) is 4.64. The van der Waals surface area contributed by atoms with Gasteiger partial charge in [-0.1, -0.05) is 19.1 Å². The van der Waals surface area contributed by atoms with Crippen molar-refractivity contribution in [3.8, 4) is 5.75 Å². The molecule has 0 aliphatic carbocycles. The normalized spacial score (nSPS) is 17.7. The van der Waals surface area contributed by atoms with Gasteiger partial charge in [0.05, 0.1) is 4.91 Å². The van der Waals surface area contributed by atoms with Crippen molar-refractivity contribution in [1.29, 1.82) is 0 Å². The molecule has 6 nitrogen and oxygen atoms in total. The monoisotopic (exact) mass is 306 g/mol. The molecule has 1 atom stereocenters. The fourth-order valence-electron chi connectivity index (χ4n) is 1.69. The predicted molar refractivity (Wildman–Crippen MR) is 81.0 cm³/mol. The van der Waals surface area contributed by atoms with Gasteiger partial charge in [0.1, 0.15) is 5.75 Å². The lowest BCUT2D eigenvalue weighted by molar-refractivity contribution is -0.145. The number of hydrogen-bond donors (Lipinski definition) is 2. The number of amidine groups is 1. The summed E-state index contributed by atoms with van der Waals surface area (Å²) in [5.74, 6) is -0.883. The smallest absolute Gasteiger partial charge is 0.344 e. The molecular weight excluding hydrogens is 292 g/mol. The van der Waals surface area contributed by atoms with E-state index in [2.05, 4.69) is 4.99 Å².